The molecule has 0 amide bonds. The van der Waals surface area contributed by atoms with Crippen molar-refractivity contribution in [2.75, 3.05) is 18.0 Å². The number of sulfonamides is 1. The monoisotopic (exact) mass is 443 g/mol. The number of anilines is 1. The quantitative estimate of drug-likeness (QED) is 0.633. The van der Waals surface area contributed by atoms with Crippen molar-refractivity contribution in [3.8, 4) is 0 Å². The Balaban J connectivity index is 1.29. The average molecular weight is 444 g/mol. The lowest BCUT2D eigenvalue weighted by Crippen LogP contribution is -2.45. The fourth-order valence-electron chi connectivity index (χ4n) is 4.55. The molecule has 0 saturated carbocycles. The molecule has 1 saturated heterocycles. The van der Waals surface area contributed by atoms with E-state index in [0.29, 0.717) is 23.9 Å². The molecule has 2 aliphatic rings. The van der Waals surface area contributed by atoms with Crippen molar-refractivity contribution < 1.29 is 12.8 Å². The van der Waals surface area contributed by atoms with Crippen molar-refractivity contribution in [3.05, 3.63) is 45.8 Å². The van der Waals surface area contributed by atoms with E-state index in [0.717, 1.165) is 44.0 Å². The Labute approximate surface area is 179 Å². The highest BCUT2D eigenvalue weighted by Gasteiger charge is 2.28. The molecule has 2 N–H and O–H groups in total. The topological polar surface area (TPSA) is 121 Å². The standard InChI is InChI=1S/C21H25N5O4S/c1-13-22-17-5-3-2-4-16(17)20(23-13)26-10-8-14(9-11-26)25-31(28,29)15-6-7-19-18(12-15)24-21(27)30-19/h6-7,12,14,25H,2-5,8-11H2,1H3,(H,24,27). The van der Waals surface area contributed by atoms with E-state index in [2.05, 4.69) is 19.6 Å². The lowest BCUT2D eigenvalue weighted by Gasteiger charge is -2.35. The first-order valence-corrected chi connectivity index (χ1v) is 12.1. The number of fused-ring (bicyclic) bond motifs is 2. The van der Waals surface area contributed by atoms with Gasteiger partial charge in [-0.2, -0.15) is 0 Å². The van der Waals surface area contributed by atoms with Crippen LogP contribution in [0.2, 0.25) is 0 Å². The van der Waals surface area contributed by atoms with Crippen LogP contribution < -0.4 is 15.4 Å². The number of piperidine rings is 1. The summed E-state index contributed by atoms with van der Waals surface area (Å²) in [6.45, 7) is 3.41. The number of benzene rings is 1. The van der Waals surface area contributed by atoms with Crippen LogP contribution in [0.4, 0.5) is 5.82 Å². The Morgan fingerprint density at radius 3 is 2.74 bits per heavy atom. The van der Waals surface area contributed by atoms with Gasteiger partial charge in [-0.25, -0.2) is 27.9 Å². The van der Waals surface area contributed by atoms with Crippen LogP contribution in [0.15, 0.2) is 32.3 Å². The summed E-state index contributed by atoms with van der Waals surface area (Å²) in [5, 5.41) is 0. The summed E-state index contributed by atoms with van der Waals surface area (Å²) in [7, 11) is -3.70. The van der Waals surface area contributed by atoms with Crippen molar-refractivity contribution in [3.63, 3.8) is 0 Å². The summed E-state index contributed by atoms with van der Waals surface area (Å²) in [6, 6.07) is 4.21. The van der Waals surface area contributed by atoms with E-state index >= 15 is 0 Å². The number of aromatic nitrogens is 3. The van der Waals surface area contributed by atoms with Crippen LogP contribution in [0.5, 0.6) is 0 Å². The van der Waals surface area contributed by atoms with E-state index in [9.17, 15) is 13.2 Å². The van der Waals surface area contributed by atoms with Gasteiger partial charge in [0.1, 0.15) is 11.6 Å². The van der Waals surface area contributed by atoms with Gasteiger partial charge in [-0.05, 0) is 63.6 Å². The first-order chi connectivity index (χ1) is 14.9. The predicted molar refractivity (Wildman–Crippen MR) is 116 cm³/mol. The summed E-state index contributed by atoms with van der Waals surface area (Å²) in [6.07, 6.45) is 5.74. The second-order valence-corrected chi connectivity index (χ2v) is 10.00. The summed E-state index contributed by atoms with van der Waals surface area (Å²) in [4.78, 5) is 25.6. The molecular weight excluding hydrogens is 418 g/mol. The Morgan fingerprint density at radius 1 is 1.16 bits per heavy atom. The molecule has 3 aromatic rings. The Kier molecular flexibility index (Phi) is 5.05. The van der Waals surface area contributed by atoms with Gasteiger partial charge >= 0.3 is 5.76 Å². The molecule has 1 aliphatic heterocycles. The van der Waals surface area contributed by atoms with Gasteiger partial charge in [0.25, 0.3) is 0 Å². The molecule has 0 radical (unpaired) electrons. The third-order valence-electron chi connectivity index (χ3n) is 6.09. The largest absolute Gasteiger partial charge is 0.417 e. The summed E-state index contributed by atoms with van der Waals surface area (Å²) >= 11 is 0. The van der Waals surface area contributed by atoms with Gasteiger partial charge in [0, 0.05) is 30.4 Å². The van der Waals surface area contributed by atoms with E-state index in [1.165, 1.54) is 35.9 Å². The summed E-state index contributed by atoms with van der Waals surface area (Å²) < 4.78 is 33.5. The SMILES string of the molecule is Cc1nc2c(c(N3CCC(NS(=O)(=O)c4ccc5oc(=O)[nH]c5c4)CC3)n1)CCCC2. The van der Waals surface area contributed by atoms with Gasteiger partial charge in [0.2, 0.25) is 10.0 Å². The highest BCUT2D eigenvalue weighted by atomic mass is 32.2. The molecular formula is C21H25N5O4S. The molecule has 10 heteroatoms. The summed E-state index contributed by atoms with van der Waals surface area (Å²) in [5.41, 5.74) is 3.13. The number of aryl methyl sites for hydroxylation is 2. The number of nitrogens with one attached hydrogen (secondary N) is 2. The molecule has 1 aliphatic carbocycles. The second-order valence-electron chi connectivity index (χ2n) is 8.28. The van der Waals surface area contributed by atoms with E-state index in [4.69, 9.17) is 9.40 Å². The third-order valence-corrected chi connectivity index (χ3v) is 7.61. The number of rotatable bonds is 4. The van der Waals surface area contributed by atoms with Crippen molar-refractivity contribution in [2.45, 2.75) is 56.4 Å². The molecule has 0 bridgehead atoms. The number of oxazole rings is 1. The van der Waals surface area contributed by atoms with Crippen LogP contribution >= 0.6 is 0 Å². The van der Waals surface area contributed by atoms with E-state index < -0.39 is 15.8 Å². The van der Waals surface area contributed by atoms with Crippen molar-refractivity contribution in [1.82, 2.24) is 19.7 Å². The maximum Gasteiger partial charge on any atom is 0.417 e. The third kappa shape index (κ3) is 3.97. The minimum Gasteiger partial charge on any atom is -0.408 e. The second kappa shape index (κ2) is 7.76. The first kappa shape index (κ1) is 20.2. The Bertz CT molecular complexity index is 1290. The zero-order chi connectivity index (χ0) is 21.6. The number of H-pyrrole nitrogens is 1. The van der Waals surface area contributed by atoms with Crippen LogP contribution in [-0.2, 0) is 22.9 Å². The van der Waals surface area contributed by atoms with E-state index in [1.54, 1.807) is 0 Å². The molecule has 0 atom stereocenters. The predicted octanol–water partition coefficient (Wildman–Crippen LogP) is 2.05. The van der Waals surface area contributed by atoms with Gasteiger partial charge in [0.05, 0.1) is 10.4 Å². The smallest absolute Gasteiger partial charge is 0.408 e. The van der Waals surface area contributed by atoms with Crippen LogP contribution in [0, 0.1) is 6.92 Å². The molecule has 3 heterocycles. The molecule has 9 nitrogen and oxygen atoms in total. The average Bonchev–Trinajstić information content (AvgIpc) is 3.12. The zero-order valence-corrected chi connectivity index (χ0v) is 18.2. The van der Waals surface area contributed by atoms with E-state index in [-0.39, 0.29) is 10.9 Å². The van der Waals surface area contributed by atoms with Gasteiger partial charge < -0.3 is 9.32 Å². The molecule has 0 spiro atoms. The molecule has 0 unspecified atom stereocenters. The number of hydrogen-bond acceptors (Lipinski definition) is 7. The molecule has 1 fully saturated rings. The lowest BCUT2D eigenvalue weighted by atomic mass is 9.95. The van der Waals surface area contributed by atoms with E-state index in [1.807, 2.05) is 6.92 Å². The van der Waals surface area contributed by atoms with Crippen molar-refractivity contribution in [2.24, 2.45) is 0 Å². The number of aromatic amines is 1. The first-order valence-electron chi connectivity index (χ1n) is 10.7. The molecule has 1 aromatic carbocycles. The maximum absolute atomic E-state index is 12.9. The molecule has 5 rings (SSSR count). The van der Waals surface area contributed by atoms with Crippen molar-refractivity contribution >= 4 is 26.9 Å². The van der Waals surface area contributed by atoms with Crippen LogP contribution in [0.1, 0.15) is 42.8 Å². The number of nitrogens with zero attached hydrogens (tertiary/aromatic N) is 3. The number of hydrogen-bond donors (Lipinski definition) is 2. The highest BCUT2D eigenvalue weighted by Crippen LogP contribution is 2.30. The van der Waals surface area contributed by atoms with Gasteiger partial charge in [-0.3, -0.25) is 4.98 Å². The van der Waals surface area contributed by atoms with Crippen molar-refractivity contribution in [1.29, 1.82) is 0 Å². The Morgan fingerprint density at radius 2 is 1.94 bits per heavy atom. The lowest BCUT2D eigenvalue weighted by molar-refractivity contribution is 0.456. The Hall–Kier alpha value is -2.72. The normalized spacial score (nSPS) is 17.8. The van der Waals surface area contributed by atoms with Crippen LogP contribution in [-0.4, -0.2) is 42.5 Å². The fourth-order valence-corrected chi connectivity index (χ4v) is 5.88. The van der Waals surface area contributed by atoms with Crippen LogP contribution in [0.25, 0.3) is 11.1 Å². The highest BCUT2D eigenvalue weighted by molar-refractivity contribution is 7.89. The minimum atomic E-state index is -3.70. The maximum atomic E-state index is 12.9. The van der Waals surface area contributed by atoms with Gasteiger partial charge in [-0.1, -0.05) is 0 Å². The summed E-state index contributed by atoms with van der Waals surface area (Å²) in [5.74, 6) is 1.22. The van der Waals surface area contributed by atoms with Gasteiger partial charge in [-0.15, -0.1) is 0 Å². The zero-order valence-electron chi connectivity index (χ0n) is 17.3. The fraction of sp³-hybridized carbons (Fsp3) is 0.476. The molecule has 164 valence electrons. The molecule has 2 aromatic heterocycles. The molecule has 31 heavy (non-hydrogen) atoms. The van der Waals surface area contributed by atoms with Crippen LogP contribution in [0.3, 0.4) is 0 Å². The van der Waals surface area contributed by atoms with Gasteiger partial charge in [0.15, 0.2) is 5.58 Å². The minimum absolute atomic E-state index is 0.111.